The summed E-state index contributed by atoms with van der Waals surface area (Å²) in [6.07, 6.45) is 4.76. The first-order chi connectivity index (χ1) is 11.2. The molecule has 124 valence electrons. The summed E-state index contributed by atoms with van der Waals surface area (Å²) in [5, 5.41) is 3.57. The highest BCUT2D eigenvalue weighted by Gasteiger charge is 2.19. The van der Waals surface area contributed by atoms with Crippen LogP contribution in [0.4, 0.5) is 4.39 Å². The van der Waals surface area contributed by atoms with Gasteiger partial charge in [-0.1, -0.05) is 0 Å². The zero-order chi connectivity index (χ0) is 16.1. The fourth-order valence-corrected chi connectivity index (χ4v) is 2.96. The Bertz CT molecular complexity index is 606. The smallest absolute Gasteiger partial charge is 0.226 e. The van der Waals surface area contributed by atoms with E-state index in [1.165, 1.54) is 12.1 Å². The Kier molecular flexibility index (Phi) is 5.41. The monoisotopic (exact) mass is 318 g/mol. The quantitative estimate of drug-likeness (QED) is 0.886. The molecule has 2 heterocycles. The van der Waals surface area contributed by atoms with Crippen LogP contribution in [0.15, 0.2) is 34.9 Å². The van der Waals surface area contributed by atoms with E-state index in [9.17, 15) is 4.39 Å². The van der Waals surface area contributed by atoms with Gasteiger partial charge in [0, 0.05) is 37.8 Å². The van der Waals surface area contributed by atoms with E-state index >= 15 is 0 Å². The van der Waals surface area contributed by atoms with Gasteiger partial charge in [0.05, 0.1) is 5.69 Å². The molecule has 1 fully saturated rings. The molecular weight excluding hydrogens is 295 g/mol. The summed E-state index contributed by atoms with van der Waals surface area (Å²) < 4.78 is 23.8. The van der Waals surface area contributed by atoms with Gasteiger partial charge in [-0.2, -0.15) is 0 Å². The van der Waals surface area contributed by atoms with Crippen LogP contribution in [0.1, 0.15) is 25.5 Å². The molecular formula is C18H23FN2O2. The van der Waals surface area contributed by atoms with Crippen LogP contribution in [-0.4, -0.2) is 30.8 Å². The van der Waals surface area contributed by atoms with Crippen LogP contribution in [0.3, 0.4) is 0 Å². The van der Waals surface area contributed by atoms with Crippen molar-refractivity contribution in [3.8, 4) is 11.5 Å². The number of halogens is 1. The predicted octanol–water partition coefficient (Wildman–Crippen LogP) is 3.43. The third-order valence-corrected chi connectivity index (χ3v) is 4.46. The van der Waals surface area contributed by atoms with Crippen molar-refractivity contribution in [2.45, 2.75) is 32.2 Å². The van der Waals surface area contributed by atoms with E-state index in [4.69, 9.17) is 9.15 Å². The molecule has 0 amide bonds. The number of hydrogen-bond donors (Lipinski definition) is 1. The van der Waals surface area contributed by atoms with Crippen molar-refractivity contribution < 1.29 is 13.5 Å². The van der Waals surface area contributed by atoms with Gasteiger partial charge in [-0.25, -0.2) is 9.37 Å². The molecule has 23 heavy (non-hydrogen) atoms. The van der Waals surface area contributed by atoms with Gasteiger partial charge in [0.2, 0.25) is 5.89 Å². The molecule has 1 saturated heterocycles. The van der Waals surface area contributed by atoms with E-state index < -0.39 is 0 Å². The van der Waals surface area contributed by atoms with Crippen molar-refractivity contribution in [2.75, 3.05) is 19.8 Å². The average Bonchev–Trinajstić information content (AvgIpc) is 3.05. The number of rotatable bonds is 6. The first-order valence-corrected chi connectivity index (χ1v) is 8.24. The molecule has 5 heteroatoms. The van der Waals surface area contributed by atoms with E-state index in [1.54, 1.807) is 18.4 Å². The summed E-state index contributed by atoms with van der Waals surface area (Å²) in [6.45, 7) is 4.86. The van der Waals surface area contributed by atoms with Crippen LogP contribution in [-0.2, 0) is 11.2 Å². The molecule has 0 radical (unpaired) electrons. The van der Waals surface area contributed by atoms with Crippen molar-refractivity contribution in [3.63, 3.8) is 0 Å². The fraction of sp³-hybridized carbons (Fsp3) is 0.500. The highest BCUT2D eigenvalue weighted by atomic mass is 19.1. The van der Waals surface area contributed by atoms with Crippen LogP contribution in [0.5, 0.6) is 0 Å². The maximum atomic E-state index is 12.9. The van der Waals surface area contributed by atoms with Crippen LogP contribution in [0.2, 0.25) is 0 Å². The molecule has 2 aromatic rings. The zero-order valence-corrected chi connectivity index (χ0v) is 13.4. The van der Waals surface area contributed by atoms with E-state index in [2.05, 4.69) is 17.2 Å². The molecule has 1 aliphatic rings. The van der Waals surface area contributed by atoms with Crippen LogP contribution < -0.4 is 5.32 Å². The van der Waals surface area contributed by atoms with Gasteiger partial charge in [-0.3, -0.25) is 0 Å². The van der Waals surface area contributed by atoms with Gasteiger partial charge in [-0.15, -0.1) is 0 Å². The molecule has 1 N–H and O–H groups in total. The normalized spacial score (nSPS) is 17.3. The highest BCUT2D eigenvalue weighted by molar-refractivity contribution is 5.52. The number of hydrogen-bond acceptors (Lipinski definition) is 4. The lowest BCUT2D eigenvalue weighted by Crippen LogP contribution is -2.37. The Labute approximate surface area is 136 Å². The summed E-state index contributed by atoms with van der Waals surface area (Å²) in [6, 6.07) is 6.67. The second-order valence-electron chi connectivity index (χ2n) is 6.09. The van der Waals surface area contributed by atoms with Gasteiger partial charge in [0.25, 0.3) is 0 Å². The molecule has 1 aliphatic heterocycles. The van der Waals surface area contributed by atoms with Gasteiger partial charge in [0.1, 0.15) is 12.1 Å². The summed E-state index contributed by atoms with van der Waals surface area (Å²) in [7, 11) is 0. The Morgan fingerprint density at radius 3 is 2.74 bits per heavy atom. The lowest BCUT2D eigenvalue weighted by atomic mass is 9.93. The maximum Gasteiger partial charge on any atom is 0.226 e. The number of ether oxygens (including phenoxy) is 1. The fourth-order valence-electron chi connectivity index (χ4n) is 2.96. The molecule has 0 spiro atoms. The number of benzene rings is 1. The summed E-state index contributed by atoms with van der Waals surface area (Å²) in [5.74, 6) is 0.972. The van der Waals surface area contributed by atoms with Crippen molar-refractivity contribution in [1.29, 1.82) is 0 Å². The number of aromatic nitrogens is 1. The first-order valence-electron chi connectivity index (χ1n) is 8.24. The van der Waals surface area contributed by atoms with Crippen molar-refractivity contribution in [1.82, 2.24) is 10.3 Å². The number of nitrogens with one attached hydrogen (secondary N) is 1. The lowest BCUT2D eigenvalue weighted by molar-refractivity contribution is 0.0561. The number of nitrogens with zero attached hydrogens (tertiary/aromatic N) is 1. The highest BCUT2D eigenvalue weighted by Crippen LogP contribution is 2.20. The van der Waals surface area contributed by atoms with Gasteiger partial charge >= 0.3 is 0 Å². The Morgan fingerprint density at radius 2 is 2.00 bits per heavy atom. The molecule has 0 unspecified atom stereocenters. The Balaban J connectivity index is 1.48. The summed E-state index contributed by atoms with van der Waals surface area (Å²) in [4.78, 5) is 4.47. The van der Waals surface area contributed by atoms with Gasteiger partial charge in [-0.05, 0) is 49.9 Å². The van der Waals surface area contributed by atoms with E-state index in [0.29, 0.717) is 17.9 Å². The summed E-state index contributed by atoms with van der Waals surface area (Å²) in [5.41, 5.74) is 1.71. The van der Waals surface area contributed by atoms with E-state index in [0.717, 1.165) is 50.3 Å². The molecule has 3 rings (SSSR count). The minimum Gasteiger partial charge on any atom is -0.444 e. The second-order valence-corrected chi connectivity index (χ2v) is 6.09. The van der Waals surface area contributed by atoms with E-state index in [-0.39, 0.29) is 5.82 Å². The third-order valence-electron chi connectivity index (χ3n) is 4.46. The Morgan fingerprint density at radius 1 is 1.26 bits per heavy atom. The van der Waals surface area contributed by atoms with Gasteiger partial charge < -0.3 is 14.5 Å². The van der Waals surface area contributed by atoms with Crippen molar-refractivity contribution >= 4 is 0 Å². The zero-order valence-electron chi connectivity index (χ0n) is 13.4. The predicted molar refractivity (Wildman–Crippen MR) is 86.6 cm³/mol. The van der Waals surface area contributed by atoms with E-state index in [1.807, 2.05) is 0 Å². The Hall–Kier alpha value is -1.72. The molecule has 0 saturated carbocycles. The lowest BCUT2D eigenvalue weighted by Gasteiger charge is -2.28. The third kappa shape index (κ3) is 4.39. The minimum atomic E-state index is -0.258. The summed E-state index contributed by atoms with van der Waals surface area (Å²) >= 11 is 0. The second kappa shape index (κ2) is 7.70. The number of oxazole rings is 1. The molecule has 1 aromatic carbocycles. The maximum absolute atomic E-state index is 12.9. The van der Waals surface area contributed by atoms with Gasteiger partial charge in [0.15, 0.2) is 0 Å². The topological polar surface area (TPSA) is 47.3 Å². The van der Waals surface area contributed by atoms with Crippen LogP contribution in [0, 0.1) is 11.7 Å². The standard InChI is InChI=1S/C18H23FN2O2/c1-13(14-7-10-22-11-8-14)20-9-6-17-12-23-18(21-17)15-2-4-16(19)5-3-15/h2-5,12-14,20H,6-11H2,1H3/t13-/m0/s1. The average molecular weight is 318 g/mol. The largest absolute Gasteiger partial charge is 0.444 e. The molecule has 0 bridgehead atoms. The minimum absolute atomic E-state index is 0.258. The first kappa shape index (κ1) is 16.1. The van der Waals surface area contributed by atoms with Crippen molar-refractivity contribution in [2.24, 2.45) is 5.92 Å². The van der Waals surface area contributed by atoms with Crippen LogP contribution in [0.25, 0.3) is 11.5 Å². The van der Waals surface area contributed by atoms with Crippen molar-refractivity contribution in [3.05, 3.63) is 42.0 Å². The molecule has 1 aromatic heterocycles. The van der Waals surface area contributed by atoms with Crippen LogP contribution >= 0.6 is 0 Å². The molecule has 1 atom stereocenters. The molecule has 0 aliphatic carbocycles. The SMILES string of the molecule is C[C@H](NCCc1coc(-c2ccc(F)cc2)n1)C1CCOCC1. The molecule has 4 nitrogen and oxygen atoms in total.